The molecule has 0 radical (unpaired) electrons. The Labute approximate surface area is 96.2 Å². The number of rotatable bonds is 2. The van der Waals surface area contributed by atoms with Gasteiger partial charge in [0.1, 0.15) is 0 Å². The zero-order chi connectivity index (χ0) is 11.5. The van der Waals surface area contributed by atoms with Gasteiger partial charge in [0.25, 0.3) is 0 Å². The standard InChI is InChI=1S/C12H18N4/c1-9-6-10(2)14-7-11(9)8-15-12(13)16-4-3-5-16/h6-7H,3-5,8H2,1-2H3,(H2,13,15). The summed E-state index contributed by atoms with van der Waals surface area (Å²) in [4.78, 5) is 10.8. The molecule has 0 unspecified atom stereocenters. The number of hydrogen-bond acceptors (Lipinski definition) is 2. The average Bonchev–Trinajstić information content (AvgIpc) is 2.13. The maximum atomic E-state index is 5.86. The van der Waals surface area contributed by atoms with Gasteiger partial charge in [-0.3, -0.25) is 4.98 Å². The maximum Gasteiger partial charge on any atom is 0.191 e. The lowest BCUT2D eigenvalue weighted by Gasteiger charge is -2.31. The lowest BCUT2D eigenvalue weighted by molar-refractivity contribution is 0.295. The third-order valence-corrected chi connectivity index (χ3v) is 2.95. The van der Waals surface area contributed by atoms with Crippen LogP contribution in [0.15, 0.2) is 17.3 Å². The highest BCUT2D eigenvalue weighted by molar-refractivity contribution is 5.78. The largest absolute Gasteiger partial charge is 0.370 e. The molecule has 1 fully saturated rings. The van der Waals surface area contributed by atoms with Crippen LogP contribution in [-0.4, -0.2) is 28.9 Å². The van der Waals surface area contributed by atoms with E-state index in [-0.39, 0.29) is 0 Å². The van der Waals surface area contributed by atoms with Crippen molar-refractivity contribution in [1.82, 2.24) is 9.88 Å². The normalized spacial score (nSPS) is 16.1. The fourth-order valence-electron chi connectivity index (χ4n) is 1.70. The summed E-state index contributed by atoms with van der Waals surface area (Å²) in [5.74, 6) is 0.659. The van der Waals surface area contributed by atoms with Gasteiger partial charge in [-0.2, -0.15) is 0 Å². The summed E-state index contributed by atoms with van der Waals surface area (Å²) in [5, 5.41) is 0. The van der Waals surface area contributed by atoms with Gasteiger partial charge in [-0.25, -0.2) is 4.99 Å². The molecule has 0 amide bonds. The van der Waals surface area contributed by atoms with Gasteiger partial charge in [-0.15, -0.1) is 0 Å². The third-order valence-electron chi connectivity index (χ3n) is 2.95. The number of guanidine groups is 1. The molecule has 16 heavy (non-hydrogen) atoms. The summed E-state index contributed by atoms with van der Waals surface area (Å²) in [6.07, 6.45) is 3.11. The second kappa shape index (κ2) is 4.51. The Hall–Kier alpha value is -1.58. The summed E-state index contributed by atoms with van der Waals surface area (Å²) >= 11 is 0. The molecule has 2 rings (SSSR count). The molecule has 0 aromatic carbocycles. The van der Waals surface area contributed by atoms with Gasteiger partial charge < -0.3 is 10.6 Å². The monoisotopic (exact) mass is 218 g/mol. The molecule has 1 saturated heterocycles. The highest BCUT2D eigenvalue weighted by atomic mass is 15.3. The molecule has 86 valence electrons. The fourth-order valence-corrected chi connectivity index (χ4v) is 1.70. The van der Waals surface area contributed by atoms with E-state index >= 15 is 0 Å². The van der Waals surface area contributed by atoms with Crippen molar-refractivity contribution in [1.29, 1.82) is 0 Å². The van der Waals surface area contributed by atoms with Crippen LogP contribution < -0.4 is 5.73 Å². The molecule has 2 N–H and O–H groups in total. The van der Waals surface area contributed by atoms with Crippen molar-refractivity contribution in [3.8, 4) is 0 Å². The van der Waals surface area contributed by atoms with Crippen LogP contribution in [0.1, 0.15) is 23.2 Å². The Bertz CT molecular complexity index is 407. The Morgan fingerprint density at radius 1 is 1.50 bits per heavy atom. The van der Waals surface area contributed by atoms with Crippen molar-refractivity contribution in [2.45, 2.75) is 26.8 Å². The number of nitrogens with zero attached hydrogens (tertiary/aromatic N) is 3. The number of hydrogen-bond donors (Lipinski definition) is 1. The smallest absolute Gasteiger partial charge is 0.191 e. The summed E-state index contributed by atoms with van der Waals surface area (Å²) in [7, 11) is 0. The van der Waals surface area contributed by atoms with Crippen LogP contribution in [0, 0.1) is 13.8 Å². The van der Waals surface area contributed by atoms with E-state index in [2.05, 4.69) is 27.9 Å². The Morgan fingerprint density at radius 3 is 2.81 bits per heavy atom. The number of pyridine rings is 1. The molecule has 4 nitrogen and oxygen atoms in total. The Kier molecular flexibility index (Phi) is 3.08. The second-order valence-electron chi connectivity index (χ2n) is 4.27. The van der Waals surface area contributed by atoms with Crippen molar-refractivity contribution in [2.75, 3.05) is 13.1 Å². The predicted octanol–water partition coefficient (Wildman–Crippen LogP) is 1.22. The first-order chi connectivity index (χ1) is 7.66. The Balaban J connectivity index is 2.03. The van der Waals surface area contributed by atoms with E-state index in [0.717, 1.165) is 24.3 Å². The van der Waals surface area contributed by atoms with Crippen LogP contribution in [0.4, 0.5) is 0 Å². The SMILES string of the molecule is Cc1cc(C)c(CN=C(N)N2CCC2)cn1. The summed E-state index contributed by atoms with van der Waals surface area (Å²) in [6, 6.07) is 2.07. The molecule has 0 aliphatic carbocycles. The van der Waals surface area contributed by atoms with Crippen LogP contribution in [0.2, 0.25) is 0 Å². The second-order valence-corrected chi connectivity index (χ2v) is 4.27. The van der Waals surface area contributed by atoms with Gasteiger partial charge >= 0.3 is 0 Å². The highest BCUT2D eigenvalue weighted by Gasteiger charge is 2.15. The van der Waals surface area contributed by atoms with E-state index in [1.54, 1.807) is 0 Å². The zero-order valence-corrected chi connectivity index (χ0v) is 9.90. The van der Waals surface area contributed by atoms with Crippen molar-refractivity contribution >= 4 is 5.96 Å². The predicted molar refractivity (Wildman–Crippen MR) is 65.2 cm³/mol. The van der Waals surface area contributed by atoms with E-state index in [0.29, 0.717) is 12.5 Å². The fraction of sp³-hybridized carbons (Fsp3) is 0.500. The molecule has 0 atom stereocenters. The van der Waals surface area contributed by atoms with Crippen LogP contribution in [0.3, 0.4) is 0 Å². The lowest BCUT2D eigenvalue weighted by atomic mass is 10.1. The van der Waals surface area contributed by atoms with Crippen LogP contribution in [0.5, 0.6) is 0 Å². The molecular formula is C12H18N4. The zero-order valence-electron chi connectivity index (χ0n) is 9.90. The number of aromatic nitrogens is 1. The molecule has 0 spiro atoms. The number of nitrogens with two attached hydrogens (primary N) is 1. The number of aliphatic imine (C=N–C) groups is 1. The van der Waals surface area contributed by atoms with Gasteiger partial charge in [0, 0.05) is 25.0 Å². The molecule has 4 heteroatoms. The first kappa shape index (κ1) is 10.9. The molecule has 2 heterocycles. The molecule has 1 aliphatic rings. The molecule has 1 aliphatic heterocycles. The summed E-state index contributed by atoms with van der Waals surface area (Å²) in [6.45, 7) is 6.79. The van der Waals surface area contributed by atoms with Gasteiger partial charge in [0.2, 0.25) is 0 Å². The molecule has 0 saturated carbocycles. The molecule has 1 aromatic rings. The van der Waals surface area contributed by atoms with Crippen molar-refractivity contribution in [3.05, 3.63) is 29.1 Å². The van der Waals surface area contributed by atoms with Crippen molar-refractivity contribution < 1.29 is 0 Å². The van der Waals surface area contributed by atoms with Gasteiger partial charge in [0.05, 0.1) is 6.54 Å². The first-order valence-corrected chi connectivity index (χ1v) is 5.64. The maximum absolute atomic E-state index is 5.86. The number of aryl methyl sites for hydroxylation is 2. The van der Waals surface area contributed by atoms with Gasteiger partial charge in [-0.1, -0.05) is 0 Å². The highest BCUT2D eigenvalue weighted by Crippen LogP contribution is 2.10. The first-order valence-electron chi connectivity index (χ1n) is 5.64. The van der Waals surface area contributed by atoms with Gasteiger partial charge in [0.15, 0.2) is 5.96 Å². The molecule has 1 aromatic heterocycles. The Morgan fingerprint density at radius 2 is 2.25 bits per heavy atom. The topological polar surface area (TPSA) is 54.5 Å². The quantitative estimate of drug-likeness (QED) is 0.600. The van der Waals surface area contributed by atoms with E-state index in [1.165, 1.54) is 12.0 Å². The third kappa shape index (κ3) is 2.32. The minimum atomic E-state index is 0.626. The van der Waals surface area contributed by atoms with Crippen molar-refractivity contribution in [2.24, 2.45) is 10.7 Å². The average molecular weight is 218 g/mol. The number of likely N-dealkylation sites (tertiary alicyclic amines) is 1. The van der Waals surface area contributed by atoms with E-state index < -0.39 is 0 Å². The molecular weight excluding hydrogens is 200 g/mol. The van der Waals surface area contributed by atoms with E-state index in [4.69, 9.17) is 5.73 Å². The lowest BCUT2D eigenvalue weighted by Crippen LogP contribution is -2.46. The van der Waals surface area contributed by atoms with Crippen LogP contribution >= 0.6 is 0 Å². The van der Waals surface area contributed by atoms with Crippen LogP contribution in [0.25, 0.3) is 0 Å². The van der Waals surface area contributed by atoms with E-state index in [1.807, 2.05) is 13.1 Å². The minimum Gasteiger partial charge on any atom is -0.370 e. The van der Waals surface area contributed by atoms with E-state index in [9.17, 15) is 0 Å². The van der Waals surface area contributed by atoms with Crippen molar-refractivity contribution in [3.63, 3.8) is 0 Å². The minimum absolute atomic E-state index is 0.626. The summed E-state index contributed by atoms with van der Waals surface area (Å²) in [5.41, 5.74) is 9.28. The van der Waals surface area contributed by atoms with Crippen LogP contribution in [-0.2, 0) is 6.54 Å². The van der Waals surface area contributed by atoms with Gasteiger partial charge in [-0.05, 0) is 37.5 Å². The molecule has 0 bridgehead atoms. The summed E-state index contributed by atoms with van der Waals surface area (Å²) < 4.78 is 0.